The summed E-state index contributed by atoms with van der Waals surface area (Å²) in [5.74, 6) is 0.0748. The van der Waals surface area contributed by atoms with Crippen LogP contribution in [0.15, 0.2) is 41.8 Å². The summed E-state index contributed by atoms with van der Waals surface area (Å²) in [7, 11) is 0. The van der Waals surface area contributed by atoms with E-state index in [1.807, 2.05) is 6.07 Å². The number of hydrogen-bond donors (Lipinski definition) is 1. The fraction of sp³-hybridized carbons (Fsp3) is 0.389. The zero-order chi connectivity index (χ0) is 15.9. The van der Waals surface area contributed by atoms with E-state index in [0.717, 1.165) is 12.1 Å². The Morgan fingerprint density at radius 2 is 1.95 bits per heavy atom. The lowest BCUT2D eigenvalue weighted by Crippen LogP contribution is -2.41. The van der Waals surface area contributed by atoms with Crippen LogP contribution >= 0.6 is 11.3 Å². The first-order valence-corrected chi connectivity index (χ1v) is 8.56. The predicted molar refractivity (Wildman–Crippen MR) is 94.7 cm³/mol. The molecule has 0 unspecified atom stereocenters. The molecule has 0 spiro atoms. The molecule has 0 aliphatic heterocycles. The number of thiophene rings is 1. The Kier molecular flexibility index (Phi) is 6.01. The maximum atomic E-state index is 12.2. The monoisotopic (exact) mass is 316 g/mol. The fourth-order valence-electron chi connectivity index (χ4n) is 2.30. The van der Waals surface area contributed by atoms with E-state index in [-0.39, 0.29) is 11.9 Å². The predicted octanol–water partition coefficient (Wildman–Crippen LogP) is 3.63. The summed E-state index contributed by atoms with van der Waals surface area (Å²) >= 11 is 1.73. The molecule has 0 aliphatic rings. The Labute approximate surface area is 137 Å². The highest BCUT2D eigenvalue weighted by Crippen LogP contribution is 2.17. The molecule has 1 aromatic heterocycles. The molecule has 0 aliphatic carbocycles. The Balaban J connectivity index is 1.87. The van der Waals surface area contributed by atoms with Crippen molar-refractivity contribution in [2.24, 2.45) is 0 Å². The van der Waals surface area contributed by atoms with Gasteiger partial charge in [-0.3, -0.25) is 4.79 Å². The molecule has 118 valence electrons. The lowest BCUT2D eigenvalue weighted by Gasteiger charge is -2.28. The summed E-state index contributed by atoms with van der Waals surface area (Å²) < 4.78 is 0. The zero-order valence-electron chi connectivity index (χ0n) is 13.5. The third kappa shape index (κ3) is 4.88. The van der Waals surface area contributed by atoms with Crippen molar-refractivity contribution < 1.29 is 4.79 Å². The van der Waals surface area contributed by atoms with Crippen molar-refractivity contribution in [3.8, 4) is 0 Å². The first-order valence-electron chi connectivity index (χ1n) is 7.68. The third-order valence-electron chi connectivity index (χ3n) is 3.58. The highest BCUT2D eigenvalue weighted by Gasteiger charge is 2.14. The lowest BCUT2D eigenvalue weighted by molar-refractivity contribution is -0.119. The topological polar surface area (TPSA) is 32.3 Å². The van der Waals surface area contributed by atoms with E-state index in [1.54, 1.807) is 11.3 Å². The summed E-state index contributed by atoms with van der Waals surface area (Å²) in [6.07, 6.45) is 0.898. The molecule has 0 saturated carbocycles. The van der Waals surface area contributed by atoms with E-state index >= 15 is 0 Å². The van der Waals surface area contributed by atoms with E-state index in [1.165, 1.54) is 10.4 Å². The molecule has 2 aromatic rings. The molecule has 1 N–H and O–H groups in total. The number of aryl methyl sites for hydroxylation is 1. The van der Waals surface area contributed by atoms with Crippen molar-refractivity contribution in [3.63, 3.8) is 0 Å². The van der Waals surface area contributed by atoms with Gasteiger partial charge in [0.15, 0.2) is 0 Å². The number of hydrogen-bond acceptors (Lipinski definition) is 3. The maximum Gasteiger partial charge on any atom is 0.239 e. The molecule has 22 heavy (non-hydrogen) atoms. The van der Waals surface area contributed by atoms with Gasteiger partial charge in [0, 0.05) is 23.2 Å². The van der Waals surface area contributed by atoms with Gasteiger partial charge in [-0.1, -0.05) is 23.8 Å². The maximum absolute atomic E-state index is 12.2. The van der Waals surface area contributed by atoms with Gasteiger partial charge in [-0.25, -0.2) is 0 Å². The molecular formula is C18H24N2OS. The number of carbonyl (C=O) groups is 1. The number of amides is 1. The summed E-state index contributed by atoms with van der Waals surface area (Å²) in [5.41, 5.74) is 2.32. The van der Waals surface area contributed by atoms with Gasteiger partial charge in [-0.15, -0.1) is 11.3 Å². The zero-order valence-corrected chi connectivity index (χ0v) is 14.3. The van der Waals surface area contributed by atoms with Gasteiger partial charge in [-0.2, -0.15) is 0 Å². The fourth-order valence-corrected chi connectivity index (χ4v) is 3.01. The van der Waals surface area contributed by atoms with Gasteiger partial charge in [-0.05, 0) is 50.8 Å². The van der Waals surface area contributed by atoms with E-state index < -0.39 is 0 Å². The largest absolute Gasteiger partial charge is 0.360 e. The highest BCUT2D eigenvalue weighted by atomic mass is 32.1. The number of benzene rings is 1. The van der Waals surface area contributed by atoms with Crippen LogP contribution < -0.4 is 10.2 Å². The first kappa shape index (κ1) is 16.6. The molecule has 2 rings (SSSR count). The lowest BCUT2D eigenvalue weighted by atomic mass is 10.2. The molecule has 0 fully saturated rings. The Morgan fingerprint density at radius 3 is 2.55 bits per heavy atom. The number of carbonyl (C=O) groups excluding carboxylic acids is 1. The second kappa shape index (κ2) is 7.99. The second-order valence-corrected chi connectivity index (χ2v) is 6.77. The quantitative estimate of drug-likeness (QED) is 0.846. The molecular weight excluding hydrogens is 292 g/mol. The molecule has 1 amide bonds. The van der Waals surface area contributed by atoms with Crippen LogP contribution in [0, 0.1) is 6.92 Å². The van der Waals surface area contributed by atoms with Gasteiger partial charge >= 0.3 is 0 Å². The number of anilines is 1. The highest BCUT2D eigenvalue weighted by molar-refractivity contribution is 7.09. The normalized spacial score (nSPS) is 10.7. The molecule has 3 nitrogen and oxygen atoms in total. The van der Waals surface area contributed by atoms with Crippen molar-refractivity contribution >= 4 is 22.9 Å². The van der Waals surface area contributed by atoms with Gasteiger partial charge in [0.05, 0.1) is 6.54 Å². The summed E-state index contributed by atoms with van der Waals surface area (Å²) in [6, 6.07) is 12.7. The number of rotatable bonds is 7. The molecule has 1 heterocycles. The van der Waals surface area contributed by atoms with Gasteiger partial charge in [0.1, 0.15) is 0 Å². The average Bonchev–Trinajstić information content (AvgIpc) is 2.99. The van der Waals surface area contributed by atoms with Crippen molar-refractivity contribution in [3.05, 3.63) is 52.2 Å². The summed E-state index contributed by atoms with van der Waals surface area (Å²) in [5, 5.41) is 5.08. The van der Waals surface area contributed by atoms with Crippen molar-refractivity contribution in [2.75, 3.05) is 18.0 Å². The Bertz CT molecular complexity index is 576. The summed E-state index contributed by atoms with van der Waals surface area (Å²) in [4.78, 5) is 15.6. The SMILES string of the molecule is Cc1ccc(N(CC(=O)NCCc2cccs2)C(C)C)cc1. The minimum atomic E-state index is 0.0748. The van der Waals surface area contributed by atoms with Crippen LogP contribution in [0.1, 0.15) is 24.3 Å². The average molecular weight is 316 g/mol. The van der Waals surface area contributed by atoms with Crippen LogP contribution in [0.3, 0.4) is 0 Å². The van der Waals surface area contributed by atoms with Crippen molar-refractivity contribution in [1.29, 1.82) is 0 Å². The van der Waals surface area contributed by atoms with E-state index in [2.05, 4.69) is 66.7 Å². The van der Waals surface area contributed by atoms with Crippen molar-refractivity contribution in [2.45, 2.75) is 33.2 Å². The minimum Gasteiger partial charge on any atom is -0.360 e. The molecule has 0 saturated heterocycles. The smallest absolute Gasteiger partial charge is 0.239 e. The van der Waals surface area contributed by atoms with Gasteiger partial charge in [0.2, 0.25) is 5.91 Å². The third-order valence-corrected chi connectivity index (χ3v) is 4.51. The molecule has 4 heteroatoms. The Morgan fingerprint density at radius 1 is 1.23 bits per heavy atom. The molecule has 1 aromatic carbocycles. The van der Waals surface area contributed by atoms with E-state index in [4.69, 9.17) is 0 Å². The Hall–Kier alpha value is -1.81. The van der Waals surface area contributed by atoms with Crippen LogP contribution in [-0.2, 0) is 11.2 Å². The van der Waals surface area contributed by atoms with Gasteiger partial charge in [0.25, 0.3) is 0 Å². The first-order chi connectivity index (χ1) is 10.6. The molecule has 0 bridgehead atoms. The van der Waals surface area contributed by atoms with Crippen LogP contribution in [0.5, 0.6) is 0 Å². The molecule has 0 atom stereocenters. The van der Waals surface area contributed by atoms with Gasteiger partial charge < -0.3 is 10.2 Å². The van der Waals surface area contributed by atoms with E-state index in [0.29, 0.717) is 13.1 Å². The molecule has 0 radical (unpaired) electrons. The van der Waals surface area contributed by atoms with E-state index in [9.17, 15) is 4.79 Å². The van der Waals surface area contributed by atoms with Crippen molar-refractivity contribution in [1.82, 2.24) is 5.32 Å². The second-order valence-electron chi connectivity index (χ2n) is 5.74. The number of nitrogens with zero attached hydrogens (tertiary/aromatic N) is 1. The van der Waals surface area contributed by atoms with Crippen LogP contribution in [-0.4, -0.2) is 25.0 Å². The number of nitrogens with one attached hydrogen (secondary N) is 1. The van der Waals surface area contributed by atoms with Crippen LogP contribution in [0.25, 0.3) is 0 Å². The van der Waals surface area contributed by atoms with Crippen LogP contribution in [0.4, 0.5) is 5.69 Å². The standard InChI is InChI=1S/C18H24N2OS/c1-14(2)20(16-8-6-15(3)7-9-16)13-18(21)19-11-10-17-5-4-12-22-17/h4-9,12,14H,10-11,13H2,1-3H3,(H,19,21). The minimum absolute atomic E-state index is 0.0748. The van der Waals surface area contributed by atoms with Crippen LogP contribution in [0.2, 0.25) is 0 Å². The summed E-state index contributed by atoms with van der Waals surface area (Å²) in [6.45, 7) is 7.38.